The molecule has 1 aromatic heterocycles. The van der Waals surface area contributed by atoms with Gasteiger partial charge in [0.15, 0.2) is 0 Å². The summed E-state index contributed by atoms with van der Waals surface area (Å²) in [7, 11) is 3.54. The molecule has 0 aliphatic carbocycles. The Morgan fingerprint density at radius 3 is 2.67 bits per heavy atom. The molecule has 0 fully saturated rings. The number of hydrogen-bond donors (Lipinski definition) is 1. The van der Waals surface area contributed by atoms with Gasteiger partial charge in [0.25, 0.3) is 5.56 Å². The zero-order chi connectivity index (χ0) is 13.5. The standard InChI is InChI=1S/C14H24N2O2/c1-11(2)13-7-6-12(10-15-3)14(17)16(13)8-5-9-18-4/h6-7,11,15H,5,8-10H2,1-4H3. The van der Waals surface area contributed by atoms with Crippen molar-refractivity contribution in [1.29, 1.82) is 0 Å². The van der Waals surface area contributed by atoms with Gasteiger partial charge in [-0.3, -0.25) is 4.79 Å². The van der Waals surface area contributed by atoms with E-state index in [-0.39, 0.29) is 5.56 Å². The molecule has 0 spiro atoms. The van der Waals surface area contributed by atoms with E-state index in [2.05, 4.69) is 25.2 Å². The third kappa shape index (κ3) is 3.68. The number of nitrogens with zero attached hydrogens (tertiary/aromatic N) is 1. The third-order valence-electron chi connectivity index (χ3n) is 2.98. The van der Waals surface area contributed by atoms with E-state index >= 15 is 0 Å². The second kappa shape index (κ2) is 7.34. The van der Waals surface area contributed by atoms with E-state index in [9.17, 15) is 4.79 Å². The van der Waals surface area contributed by atoms with Crippen LogP contribution in [-0.4, -0.2) is 25.3 Å². The van der Waals surface area contributed by atoms with Gasteiger partial charge >= 0.3 is 0 Å². The van der Waals surface area contributed by atoms with Gasteiger partial charge in [0.2, 0.25) is 0 Å². The summed E-state index contributed by atoms with van der Waals surface area (Å²) in [6.45, 7) is 6.23. The van der Waals surface area contributed by atoms with Gasteiger partial charge in [0, 0.05) is 38.1 Å². The maximum Gasteiger partial charge on any atom is 0.255 e. The second-order valence-electron chi connectivity index (χ2n) is 4.77. The Morgan fingerprint density at radius 2 is 2.11 bits per heavy atom. The van der Waals surface area contributed by atoms with E-state index in [0.717, 1.165) is 24.2 Å². The molecule has 4 nitrogen and oxygen atoms in total. The first-order chi connectivity index (χ1) is 8.61. The fourth-order valence-electron chi connectivity index (χ4n) is 2.06. The molecule has 0 atom stereocenters. The molecule has 0 unspecified atom stereocenters. The lowest BCUT2D eigenvalue weighted by atomic mass is 10.1. The molecule has 0 radical (unpaired) electrons. The monoisotopic (exact) mass is 252 g/mol. The molecular formula is C14H24N2O2. The minimum absolute atomic E-state index is 0.117. The minimum atomic E-state index is 0.117. The van der Waals surface area contributed by atoms with Crippen LogP contribution in [-0.2, 0) is 17.8 Å². The van der Waals surface area contributed by atoms with Crippen LogP contribution in [0, 0.1) is 0 Å². The van der Waals surface area contributed by atoms with Crippen LogP contribution in [0.2, 0.25) is 0 Å². The number of ether oxygens (including phenoxy) is 1. The maximum absolute atomic E-state index is 12.4. The van der Waals surface area contributed by atoms with Gasteiger partial charge < -0.3 is 14.6 Å². The molecule has 1 rings (SSSR count). The summed E-state index contributed by atoms with van der Waals surface area (Å²) < 4.78 is 6.94. The van der Waals surface area contributed by atoms with Gasteiger partial charge in [-0.25, -0.2) is 0 Å². The molecule has 102 valence electrons. The molecule has 0 saturated heterocycles. The first-order valence-electron chi connectivity index (χ1n) is 6.48. The molecule has 1 heterocycles. The molecule has 0 saturated carbocycles. The summed E-state index contributed by atoms with van der Waals surface area (Å²) in [5.41, 5.74) is 2.03. The number of aromatic nitrogens is 1. The number of pyridine rings is 1. The molecule has 0 bridgehead atoms. The van der Waals surface area contributed by atoms with Crippen LogP contribution in [0.4, 0.5) is 0 Å². The van der Waals surface area contributed by atoms with E-state index < -0.39 is 0 Å². The van der Waals surface area contributed by atoms with Crippen LogP contribution in [0.15, 0.2) is 16.9 Å². The second-order valence-corrected chi connectivity index (χ2v) is 4.77. The molecule has 0 aliphatic heterocycles. The predicted octanol–water partition coefficient (Wildman–Crippen LogP) is 1.73. The Kier molecular flexibility index (Phi) is 6.09. The van der Waals surface area contributed by atoms with Gasteiger partial charge in [-0.1, -0.05) is 19.9 Å². The predicted molar refractivity (Wildman–Crippen MR) is 74.0 cm³/mol. The number of rotatable bonds is 7. The van der Waals surface area contributed by atoms with Crippen molar-refractivity contribution in [1.82, 2.24) is 9.88 Å². The highest BCUT2D eigenvalue weighted by Crippen LogP contribution is 2.13. The van der Waals surface area contributed by atoms with Crippen molar-refractivity contribution in [3.05, 3.63) is 33.7 Å². The number of nitrogens with one attached hydrogen (secondary N) is 1. The molecule has 0 aromatic carbocycles. The fraction of sp³-hybridized carbons (Fsp3) is 0.643. The summed E-state index contributed by atoms with van der Waals surface area (Å²) in [6, 6.07) is 3.99. The topological polar surface area (TPSA) is 43.3 Å². The lowest BCUT2D eigenvalue weighted by Crippen LogP contribution is -2.29. The van der Waals surface area contributed by atoms with E-state index in [4.69, 9.17) is 4.74 Å². The highest BCUT2D eigenvalue weighted by atomic mass is 16.5. The van der Waals surface area contributed by atoms with Crippen molar-refractivity contribution < 1.29 is 4.74 Å². The average molecular weight is 252 g/mol. The average Bonchev–Trinajstić information content (AvgIpc) is 2.33. The Hall–Kier alpha value is -1.13. The Balaban J connectivity index is 3.06. The summed E-state index contributed by atoms with van der Waals surface area (Å²) >= 11 is 0. The van der Waals surface area contributed by atoms with E-state index in [1.807, 2.05) is 17.7 Å². The highest BCUT2D eigenvalue weighted by molar-refractivity contribution is 5.18. The number of hydrogen-bond acceptors (Lipinski definition) is 3. The largest absolute Gasteiger partial charge is 0.385 e. The molecule has 1 N–H and O–H groups in total. The highest BCUT2D eigenvalue weighted by Gasteiger charge is 2.10. The SMILES string of the molecule is CNCc1ccc(C(C)C)n(CCCOC)c1=O. The van der Waals surface area contributed by atoms with Crippen molar-refractivity contribution in [3.63, 3.8) is 0 Å². The van der Waals surface area contributed by atoms with Crippen molar-refractivity contribution in [2.45, 2.75) is 39.3 Å². The van der Waals surface area contributed by atoms with Gasteiger partial charge in [-0.15, -0.1) is 0 Å². The lowest BCUT2D eigenvalue weighted by Gasteiger charge is -2.17. The first-order valence-corrected chi connectivity index (χ1v) is 6.48. The summed E-state index contributed by atoms with van der Waals surface area (Å²) in [5.74, 6) is 0.351. The Bertz CT molecular complexity index is 424. The lowest BCUT2D eigenvalue weighted by molar-refractivity contribution is 0.189. The van der Waals surface area contributed by atoms with Gasteiger partial charge in [-0.2, -0.15) is 0 Å². The molecular weight excluding hydrogens is 228 g/mol. The van der Waals surface area contributed by atoms with E-state index in [1.165, 1.54) is 0 Å². The summed E-state index contributed by atoms with van der Waals surface area (Å²) in [4.78, 5) is 12.4. The van der Waals surface area contributed by atoms with Gasteiger partial charge in [0.05, 0.1) is 0 Å². The zero-order valence-electron chi connectivity index (χ0n) is 11.8. The Labute approximate surface area is 109 Å². The van der Waals surface area contributed by atoms with Crippen molar-refractivity contribution in [2.75, 3.05) is 20.8 Å². The van der Waals surface area contributed by atoms with Crippen LogP contribution in [0.25, 0.3) is 0 Å². The van der Waals surface area contributed by atoms with Crippen LogP contribution < -0.4 is 10.9 Å². The van der Waals surface area contributed by atoms with Crippen LogP contribution in [0.1, 0.15) is 37.4 Å². The molecule has 1 aromatic rings. The maximum atomic E-state index is 12.4. The van der Waals surface area contributed by atoms with Crippen LogP contribution in [0.3, 0.4) is 0 Å². The van der Waals surface area contributed by atoms with Crippen LogP contribution >= 0.6 is 0 Å². The zero-order valence-corrected chi connectivity index (χ0v) is 11.8. The fourth-order valence-corrected chi connectivity index (χ4v) is 2.06. The molecule has 4 heteroatoms. The van der Waals surface area contributed by atoms with Crippen molar-refractivity contribution >= 4 is 0 Å². The molecule has 0 amide bonds. The van der Waals surface area contributed by atoms with Crippen molar-refractivity contribution in [3.8, 4) is 0 Å². The minimum Gasteiger partial charge on any atom is -0.385 e. The third-order valence-corrected chi connectivity index (χ3v) is 2.98. The quantitative estimate of drug-likeness (QED) is 0.752. The van der Waals surface area contributed by atoms with E-state index in [1.54, 1.807) is 7.11 Å². The van der Waals surface area contributed by atoms with Crippen molar-refractivity contribution in [2.24, 2.45) is 0 Å². The van der Waals surface area contributed by atoms with Gasteiger partial charge in [-0.05, 0) is 25.5 Å². The first kappa shape index (κ1) is 14.9. The smallest absolute Gasteiger partial charge is 0.255 e. The summed E-state index contributed by atoms with van der Waals surface area (Å²) in [5, 5.41) is 3.03. The molecule has 0 aliphatic rings. The number of methoxy groups -OCH3 is 1. The van der Waals surface area contributed by atoms with Gasteiger partial charge in [0.1, 0.15) is 0 Å². The molecule has 18 heavy (non-hydrogen) atoms. The normalized spacial score (nSPS) is 11.2. The van der Waals surface area contributed by atoms with E-state index in [0.29, 0.717) is 19.1 Å². The summed E-state index contributed by atoms with van der Waals surface area (Å²) in [6.07, 6.45) is 0.860. The Morgan fingerprint density at radius 1 is 1.39 bits per heavy atom. The van der Waals surface area contributed by atoms with Crippen LogP contribution in [0.5, 0.6) is 0 Å².